The first-order valence-corrected chi connectivity index (χ1v) is 13.8. The fourth-order valence-electron chi connectivity index (χ4n) is 4.70. The molecular weight excluding hydrogens is 505 g/mol. The molecule has 0 aliphatic carbocycles. The maximum Gasteiger partial charge on any atom is 0.125 e. The van der Waals surface area contributed by atoms with E-state index in [1.54, 1.807) is 12.4 Å². The predicted molar refractivity (Wildman–Crippen MR) is 163 cm³/mol. The molecule has 8 nitrogen and oxygen atoms in total. The van der Waals surface area contributed by atoms with E-state index in [4.69, 9.17) is 16.2 Å². The normalized spacial score (nSPS) is 15.8. The number of hydrogen-bond donors (Lipinski definition) is 4. The van der Waals surface area contributed by atoms with E-state index in [-0.39, 0.29) is 6.10 Å². The average molecular weight is 550 g/mol. The summed E-state index contributed by atoms with van der Waals surface area (Å²) in [5.41, 5.74) is 14.8. The molecule has 1 saturated heterocycles. The quantitative estimate of drug-likeness (QED) is 0.238. The second-order valence-electron chi connectivity index (χ2n) is 10.0. The smallest absolute Gasteiger partial charge is 0.125 e. The number of halogens is 1. The van der Waals surface area contributed by atoms with Gasteiger partial charge in [-0.15, -0.1) is 0 Å². The van der Waals surface area contributed by atoms with Gasteiger partial charge in [0.2, 0.25) is 0 Å². The Morgan fingerprint density at radius 2 is 2.00 bits per heavy atom. The topological polar surface area (TPSA) is 105 Å². The summed E-state index contributed by atoms with van der Waals surface area (Å²) in [7, 11) is 0. The van der Waals surface area contributed by atoms with Gasteiger partial charge in [-0.2, -0.15) is 0 Å². The van der Waals surface area contributed by atoms with Crippen LogP contribution in [0.15, 0.2) is 91.4 Å². The number of piperidine rings is 1. The van der Waals surface area contributed by atoms with Gasteiger partial charge >= 0.3 is 0 Å². The number of anilines is 2. The lowest BCUT2D eigenvalue weighted by Gasteiger charge is -2.33. The zero-order valence-electron chi connectivity index (χ0n) is 23.8. The highest BCUT2D eigenvalue weighted by Crippen LogP contribution is 2.27. The molecule has 1 atom stereocenters. The van der Waals surface area contributed by atoms with Crippen molar-refractivity contribution in [3.05, 3.63) is 97.0 Å². The highest BCUT2D eigenvalue weighted by Gasteiger charge is 2.23. The standard InChI is InChI=1S/C31H44FN7O/c1-5-7-15-37-31(24(4)33)39(22-26(23(3)32)20-35-6-2)27-8-10-28(11-9-27)40-29-13-17-38(18-14-29)21-25-12-16-36-30(34)19-25/h5-12,16,19,26,29,35,37H,2-3,13-15,17-18,20-22,33H2,1,4H3,(H2,34,36)/b7-5-,31-24-. The number of nitrogens with one attached hydrogen (secondary N) is 2. The van der Waals surface area contributed by atoms with Crippen molar-refractivity contribution in [3.63, 3.8) is 0 Å². The van der Waals surface area contributed by atoms with Crippen LogP contribution in [0, 0.1) is 5.92 Å². The third-order valence-corrected chi connectivity index (χ3v) is 6.86. The molecule has 9 heteroatoms. The minimum atomic E-state index is -0.472. The Hall–Kier alpha value is -3.98. The van der Waals surface area contributed by atoms with E-state index in [1.807, 2.05) is 67.3 Å². The first-order valence-electron chi connectivity index (χ1n) is 13.8. The van der Waals surface area contributed by atoms with Crippen molar-refractivity contribution in [3.8, 4) is 5.75 Å². The number of likely N-dealkylation sites (tertiary alicyclic amines) is 1. The van der Waals surface area contributed by atoms with Crippen LogP contribution in [-0.2, 0) is 6.54 Å². The molecule has 1 unspecified atom stereocenters. The van der Waals surface area contributed by atoms with E-state index >= 15 is 0 Å². The van der Waals surface area contributed by atoms with Crippen molar-refractivity contribution in [1.82, 2.24) is 20.5 Å². The SMILES string of the molecule is C=CNCC(CN(/C(NC/C=C\C)=C(/C)N)c1ccc(OC2CCN(Cc3ccnc(N)c3)CC2)cc1)C(=C)F. The average Bonchev–Trinajstić information content (AvgIpc) is 2.93. The number of ether oxygens (including phenoxy) is 1. The van der Waals surface area contributed by atoms with E-state index in [1.165, 1.54) is 5.56 Å². The largest absolute Gasteiger partial charge is 0.490 e. The van der Waals surface area contributed by atoms with Crippen molar-refractivity contribution < 1.29 is 9.13 Å². The summed E-state index contributed by atoms with van der Waals surface area (Å²) in [5, 5.41) is 6.38. The van der Waals surface area contributed by atoms with Crippen LogP contribution >= 0.6 is 0 Å². The van der Waals surface area contributed by atoms with Crippen LogP contribution in [-0.4, -0.2) is 48.7 Å². The van der Waals surface area contributed by atoms with Crippen LogP contribution in [0.25, 0.3) is 0 Å². The summed E-state index contributed by atoms with van der Waals surface area (Å²) in [6, 6.07) is 11.8. The summed E-state index contributed by atoms with van der Waals surface area (Å²) in [6.45, 7) is 15.1. The zero-order valence-corrected chi connectivity index (χ0v) is 23.8. The van der Waals surface area contributed by atoms with Crippen molar-refractivity contribution in [2.75, 3.05) is 43.4 Å². The number of rotatable bonds is 15. The molecule has 1 aromatic heterocycles. The summed E-state index contributed by atoms with van der Waals surface area (Å²) in [5.74, 6) is 1.20. The van der Waals surface area contributed by atoms with Crippen molar-refractivity contribution in [1.29, 1.82) is 0 Å². The molecule has 1 aromatic carbocycles. The molecule has 3 rings (SSSR count). The second-order valence-corrected chi connectivity index (χ2v) is 10.0. The molecule has 1 aliphatic rings. The minimum absolute atomic E-state index is 0.147. The van der Waals surface area contributed by atoms with Crippen LogP contribution in [0.3, 0.4) is 0 Å². The summed E-state index contributed by atoms with van der Waals surface area (Å²) < 4.78 is 20.8. The first kappa shape index (κ1) is 30.6. The van der Waals surface area contributed by atoms with Crippen molar-refractivity contribution in [2.45, 2.75) is 39.3 Å². The summed E-state index contributed by atoms with van der Waals surface area (Å²) in [6.07, 6.45) is 9.31. The third kappa shape index (κ3) is 9.34. The van der Waals surface area contributed by atoms with Gasteiger partial charge in [0.1, 0.15) is 23.5 Å². The molecule has 40 heavy (non-hydrogen) atoms. The van der Waals surface area contributed by atoms with Gasteiger partial charge in [0.15, 0.2) is 0 Å². The maximum atomic E-state index is 14.4. The Balaban J connectivity index is 1.68. The number of nitrogens with zero attached hydrogens (tertiary/aromatic N) is 3. The second kappa shape index (κ2) is 15.6. The minimum Gasteiger partial charge on any atom is -0.490 e. The molecule has 2 heterocycles. The van der Waals surface area contributed by atoms with Gasteiger partial charge in [-0.3, -0.25) is 4.90 Å². The molecular formula is C31H44FN7O. The number of pyridine rings is 1. The number of nitrogens with two attached hydrogens (primary N) is 2. The Bertz CT molecular complexity index is 1150. The van der Waals surface area contributed by atoms with Gasteiger partial charge in [0.25, 0.3) is 0 Å². The van der Waals surface area contributed by atoms with Crippen LogP contribution in [0.2, 0.25) is 0 Å². The van der Waals surface area contributed by atoms with Gasteiger partial charge in [0.05, 0.1) is 5.83 Å². The van der Waals surface area contributed by atoms with E-state index in [2.05, 4.69) is 33.7 Å². The number of nitrogen functional groups attached to an aromatic ring is 1. The molecule has 0 spiro atoms. The lowest BCUT2D eigenvalue weighted by molar-refractivity contribution is 0.0968. The molecule has 0 amide bonds. The fourth-order valence-corrected chi connectivity index (χ4v) is 4.70. The van der Waals surface area contributed by atoms with Crippen LogP contribution in [0.5, 0.6) is 5.75 Å². The number of allylic oxidation sites excluding steroid dienone is 2. The molecule has 2 aromatic rings. The van der Waals surface area contributed by atoms with Crippen molar-refractivity contribution >= 4 is 11.5 Å². The molecule has 216 valence electrons. The van der Waals surface area contributed by atoms with Gasteiger partial charge in [-0.25, -0.2) is 9.37 Å². The predicted octanol–water partition coefficient (Wildman–Crippen LogP) is 4.66. The fraction of sp³-hybridized carbons (Fsp3) is 0.387. The highest BCUT2D eigenvalue weighted by molar-refractivity contribution is 5.54. The van der Waals surface area contributed by atoms with Crippen LogP contribution in [0.4, 0.5) is 15.9 Å². The summed E-state index contributed by atoms with van der Waals surface area (Å²) >= 11 is 0. The molecule has 0 bridgehead atoms. The van der Waals surface area contributed by atoms with Gasteiger partial charge in [-0.05, 0) is 74.9 Å². The Kier molecular flexibility index (Phi) is 11.9. The Morgan fingerprint density at radius 3 is 2.60 bits per heavy atom. The van der Waals surface area contributed by atoms with Crippen LogP contribution in [0.1, 0.15) is 32.3 Å². The Morgan fingerprint density at radius 1 is 1.27 bits per heavy atom. The van der Waals surface area contributed by atoms with E-state index in [0.29, 0.717) is 31.1 Å². The number of hydrogen-bond acceptors (Lipinski definition) is 8. The lowest BCUT2D eigenvalue weighted by Crippen LogP contribution is -2.40. The van der Waals surface area contributed by atoms with E-state index in [0.717, 1.165) is 49.7 Å². The lowest BCUT2D eigenvalue weighted by atomic mass is 10.1. The van der Waals surface area contributed by atoms with E-state index < -0.39 is 11.7 Å². The first-order chi connectivity index (χ1) is 19.3. The summed E-state index contributed by atoms with van der Waals surface area (Å²) in [4.78, 5) is 8.48. The monoisotopic (exact) mass is 549 g/mol. The molecule has 1 fully saturated rings. The van der Waals surface area contributed by atoms with Gasteiger partial charge in [0, 0.05) is 62.8 Å². The zero-order chi connectivity index (χ0) is 28.9. The van der Waals surface area contributed by atoms with Crippen LogP contribution < -0.4 is 31.7 Å². The van der Waals surface area contributed by atoms with E-state index in [9.17, 15) is 4.39 Å². The van der Waals surface area contributed by atoms with Crippen molar-refractivity contribution in [2.24, 2.45) is 11.7 Å². The van der Waals surface area contributed by atoms with Gasteiger partial charge in [-0.1, -0.05) is 25.3 Å². The molecule has 6 N–H and O–H groups in total. The molecule has 0 saturated carbocycles. The highest BCUT2D eigenvalue weighted by atomic mass is 19.1. The Labute approximate surface area is 238 Å². The third-order valence-electron chi connectivity index (χ3n) is 6.86. The maximum absolute atomic E-state index is 14.4. The molecule has 0 radical (unpaired) electrons. The van der Waals surface area contributed by atoms with Gasteiger partial charge < -0.3 is 31.7 Å². The molecule has 1 aliphatic heterocycles. The number of benzene rings is 1. The number of aromatic nitrogens is 1.